The molecule has 0 aromatic carbocycles. The summed E-state index contributed by atoms with van der Waals surface area (Å²) in [5.74, 6) is -7.79. The van der Waals surface area contributed by atoms with Gasteiger partial charge in [-0.1, -0.05) is 0 Å². The van der Waals surface area contributed by atoms with Crippen LogP contribution in [-0.4, -0.2) is 23.0 Å². The summed E-state index contributed by atoms with van der Waals surface area (Å²) in [6.45, 7) is 2.97. The molecule has 0 spiro atoms. The predicted molar refractivity (Wildman–Crippen MR) is 54.4 cm³/mol. The second-order valence-electron chi connectivity index (χ2n) is 3.58. The fourth-order valence-corrected chi connectivity index (χ4v) is 1.83. The molecule has 0 bridgehead atoms. The van der Waals surface area contributed by atoms with Gasteiger partial charge in [-0.3, -0.25) is 4.79 Å². The Hall–Kier alpha value is -1.25. The molecule has 0 aliphatic carbocycles. The molecular weight excluding hydrogens is 279 g/mol. The fraction of sp³-hybridized carbons (Fsp3) is 0.556. The van der Waals surface area contributed by atoms with Gasteiger partial charge >= 0.3 is 18.0 Å². The highest BCUT2D eigenvalue weighted by Gasteiger charge is 2.63. The SMILES string of the molecule is Cc1cnc(C(C)NC(=O)C(F)(F)C(F)(F)F)s1. The van der Waals surface area contributed by atoms with E-state index in [2.05, 4.69) is 4.98 Å². The Morgan fingerprint density at radius 1 is 1.39 bits per heavy atom. The van der Waals surface area contributed by atoms with Crippen LogP contribution in [0.3, 0.4) is 0 Å². The van der Waals surface area contributed by atoms with Crippen LogP contribution >= 0.6 is 11.3 Å². The number of rotatable bonds is 3. The van der Waals surface area contributed by atoms with Crippen LogP contribution in [0.15, 0.2) is 6.20 Å². The second kappa shape index (κ2) is 4.79. The first-order valence-electron chi connectivity index (χ1n) is 4.73. The molecule has 0 radical (unpaired) electrons. The quantitative estimate of drug-likeness (QED) is 0.869. The van der Waals surface area contributed by atoms with Gasteiger partial charge in [0.25, 0.3) is 0 Å². The minimum absolute atomic E-state index is 0.263. The molecule has 1 aromatic heterocycles. The average Bonchev–Trinajstić information content (AvgIpc) is 2.62. The van der Waals surface area contributed by atoms with Gasteiger partial charge in [-0.15, -0.1) is 11.3 Å². The molecular formula is C9H9F5N2OS. The molecule has 0 saturated heterocycles. The number of aromatic nitrogens is 1. The van der Waals surface area contributed by atoms with E-state index >= 15 is 0 Å². The van der Waals surface area contributed by atoms with Crippen LogP contribution in [0.4, 0.5) is 22.0 Å². The molecule has 1 N–H and O–H groups in total. The lowest BCUT2D eigenvalue weighted by Crippen LogP contribution is -2.50. The number of alkyl halides is 5. The Morgan fingerprint density at radius 3 is 2.33 bits per heavy atom. The number of hydrogen-bond acceptors (Lipinski definition) is 3. The smallest absolute Gasteiger partial charge is 0.342 e. The first kappa shape index (κ1) is 14.8. The first-order chi connectivity index (χ1) is 8.05. The van der Waals surface area contributed by atoms with Crippen molar-refractivity contribution in [3.8, 4) is 0 Å². The Kier molecular flexibility index (Phi) is 3.94. The van der Waals surface area contributed by atoms with Crippen LogP contribution < -0.4 is 5.32 Å². The zero-order valence-electron chi connectivity index (χ0n) is 9.31. The van der Waals surface area contributed by atoms with E-state index in [-0.39, 0.29) is 5.01 Å². The molecule has 9 heteroatoms. The summed E-state index contributed by atoms with van der Waals surface area (Å²) in [6, 6.07) is -1.01. The van der Waals surface area contributed by atoms with Gasteiger partial charge in [0.05, 0.1) is 6.04 Å². The van der Waals surface area contributed by atoms with E-state index in [0.29, 0.717) is 0 Å². The third kappa shape index (κ3) is 2.95. The average molecular weight is 288 g/mol. The van der Waals surface area contributed by atoms with E-state index in [1.165, 1.54) is 13.1 Å². The number of halogens is 5. The van der Waals surface area contributed by atoms with Crippen LogP contribution in [0.5, 0.6) is 0 Å². The lowest BCUT2D eigenvalue weighted by atomic mass is 10.2. The fourth-order valence-electron chi connectivity index (χ4n) is 1.05. The predicted octanol–water partition coefficient (Wildman–Crippen LogP) is 2.83. The number of aryl methyl sites for hydroxylation is 1. The van der Waals surface area contributed by atoms with E-state index in [4.69, 9.17) is 0 Å². The molecule has 1 rings (SSSR count). The van der Waals surface area contributed by atoms with Gasteiger partial charge < -0.3 is 5.32 Å². The molecule has 1 amide bonds. The Balaban J connectivity index is 2.77. The summed E-state index contributed by atoms with van der Waals surface area (Å²) in [7, 11) is 0. The van der Waals surface area contributed by atoms with Gasteiger partial charge in [-0.25, -0.2) is 4.98 Å². The summed E-state index contributed by atoms with van der Waals surface area (Å²) in [6.07, 6.45) is -4.47. The van der Waals surface area contributed by atoms with E-state index in [1.54, 1.807) is 12.2 Å². The van der Waals surface area contributed by atoms with Crippen molar-refractivity contribution in [2.45, 2.75) is 32.0 Å². The van der Waals surface area contributed by atoms with Gasteiger partial charge in [-0.2, -0.15) is 22.0 Å². The van der Waals surface area contributed by atoms with Crippen LogP contribution in [-0.2, 0) is 4.79 Å². The van der Waals surface area contributed by atoms with Gasteiger partial charge in [0.15, 0.2) is 0 Å². The van der Waals surface area contributed by atoms with Crippen LogP contribution in [0.1, 0.15) is 22.9 Å². The lowest BCUT2D eigenvalue weighted by molar-refractivity contribution is -0.270. The van der Waals surface area contributed by atoms with Gasteiger partial charge in [0.2, 0.25) is 0 Å². The maximum atomic E-state index is 12.7. The van der Waals surface area contributed by atoms with Crippen LogP contribution in [0.25, 0.3) is 0 Å². The van der Waals surface area contributed by atoms with Crippen molar-refractivity contribution in [1.29, 1.82) is 0 Å². The molecule has 0 saturated carbocycles. The van der Waals surface area contributed by atoms with Gasteiger partial charge in [0, 0.05) is 11.1 Å². The van der Waals surface area contributed by atoms with E-state index in [0.717, 1.165) is 16.2 Å². The number of nitrogens with zero attached hydrogens (tertiary/aromatic N) is 1. The normalized spacial score (nSPS) is 14.4. The molecule has 102 valence electrons. The number of thiazole rings is 1. The monoisotopic (exact) mass is 288 g/mol. The van der Waals surface area contributed by atoms with Gasteiger partial charge in [-0.05, 0) is 13.8 Å². The molecule has 1 heterocycles. The minimum Gasteiger partial charge on any atom is -0.342 e. The standard InChI is InChI=1S/C9H9F5N2OS/c1-4-3-15-6(18-4)5(2)16-7(17)8(10,11)9(12,13)14/h3,5H,1-2H3,(H,16,17). The zero-order chi connectivity index (χ0) is 14.1. The zero-order valence-corrected chi connectivity index (χ0v) is 10.1. The largest absolute Gasteiger partial charge is 0.463 e. The Morgan fingerprint density at radius 2 is 1.94 bits per heavy atom. The van der Waals surface area contributed by atoms with Crippen molar-refractivity contribution in [2.24, 2.45) is 0 Å². The maximum absolute atomic E-state index is 12.7. The lowest BCUT2D eigenvalue weighted by Gasteiger charge is -2.20. The third-order valence-electron chi connectivity index (χ3n) is 2.00. The molecule has 1 unspecified atom stereocenters. The number of amides is 1. The summed E-state index contributed by atoms with van der Waals surface area (Å²) in [5, 5.41) is 1.86. The van der Waals surface area contributed by atoms with Gasteiger partial charge in [0.1, 0.15) is 5.01 Å². The highest BCUT2D eigenvalue weighted by atomic mass is 32.1. The van der Waals surface area contributed by atoms with Crippen molar-refractivity contribution in [3.63, 3.8) is 0 Å². The second-order valence-corrected chi connectivity index (χ2v) is 4.84. The molecule has 1 atom stereocenters. The summed E-state index contributed by atoms with van der Waals surface area (Å²) in [5.41, 5.74) is 0. The minimum atomic E-state index is -5.91. The van der Waals surface area contributed by atoms with Crippen LogP contribution in [0, 0.1) is 6.92 Å². The topological polar surface area (TPSA) is 42.0 Å². The third-order valence-corrected chi connectivity index (χ3v) is 3.09. The molecule has 1 aromatic rings. The number of carbonyl (C=O) groups excluding carboxylic acids is 1. The molecule has 0 fully saturated rings. The highest BCUT2D eigenvalue weighted by molar-refractivity contribution is 7.11. The van der Waals surface area contributed by atoms with Crippen molar-refractivity contribution in [1.82, 2.24) is 10.3 Å². The van der Waals surface area contributed by atoms with Crippen LogP contribution in [0.2, 0.25) is 0 Å². The molecule has 0 aliphatic rings. The molecule has 18 heavy (non-hydrogen) atoms. The van der Waals surface area contributed by atoms with E-state index < -0.39 is 24.0 Å². The van der Waals surface area contributed by atoms with Crippen molar-refractivity contribution in [2.75, 3.05) is 0 Å². The Labute approximate surface area is 103 Å². The Bertz CT molecular complexity index is 442. The van der Waals surface area contributed by atoms with E-state index in [1.807, 2.05) is 0 Å². The number of nitrogens with one attached hydrogen (secondary N) is 1. The summed E-state index contributed by atoms with van der Waals surface area (Å²) >= 11 is 1.10. The highest BCUT2D eigenvalue weighted by Crippen LogP contribution is 2.36. The van der Waals surface area contributed by atoms with Crippen molar-refractivity contribution < 1.29 is 26.7 Å². The molecule has 3 nitrogen and oxygen atoms in total. The first-order valence-corrected chi connectivity index (χ1v) is 5.55. The maximum Gasteiger partial charge on any atom is 0.463 e. The number of carbonyl (C=O) groups is 1. The summed E-state index contributed by atoms with van der Waals surface area (Å²) < 4.78 is 61.1. The van der Waals surface area contributed by atoms with Crippen molar-refractivity contribution in [3.05, 3.63) is 16.1 Å². The summed E-state index contributed by atoms with van der Waals surface area (Å²) in [4.78, 5) is 15.4. The van der Waals surface area contributed by atoms with Crippen molar-refractivity contribution >= 4 is 17.2 Å². The number of hydrogen-bond donors (Lipinski definition) is 1. The van der Waals surface area contributed by atoms with E-state index in [9.17, 15) is 26.7 Å². The molecule has 0 aliphatic heterocycles.